The van der Waals surface area contributed by atoms with Crippen molar-refractivity contribution in [3.63, 3.8) is 0 Å². The highest BCUT2D eigenvalue weighted by Crippen LogP contribution is 2.27. The predicted molar refractivity (Wildman–Crippen MR) is 97.3 cm³/mol. The Kier molecular flexibility index (Phi) is 6.70. The van der Waals surface area contributed by atoms with Crippen LogP contribution in [-0.2, 0) is 21.0 Å². The Labute approximate surface area is 146 Å². The molecule has 2 rings (SSSR count). The summed E-state index contributed by atoms with van der Waals surface area (Å²) in [7, 11) is -3.04. The van der Waals surface area contributed by atoms with Crippen LogP contribution in [0.3, 0.4) is 0 Å². The van der Waals surface area contributed by atoms with E-state index in [0.29, 0.717) is 32.2 Å². The van der Waals surface area contributed by atoms with Gasteiger partial charge >= 0.3 is 0 Å². The average molecular weight is 355 g/mol. The SMILES string of the molecule is CC(C)(C)COCCCS(=O)(=O)CCc1cccc(OC2CC2)c1. The summed E-state index contributed by atoms with van der Waals surface area (Å²) in [5.41, 5.74) is 1.13. The highest BCUT2D eigenvalue weighted by Gasteiger charge is 2.23. The van der Waals surface area contributed by atoms with Gasteiger partial charge in [0.25, 0.3) is 0 Å². The van der Waals surface area contributed by atoms with Gasteiger partial charge < -0.3 is 9.47 Å². The van der Waals surface area contributed by atoms with Crippen molar-refractivity contribution in [1.29, 1.82) is 0 Å². The molecule has 0 atom stereocenters. The second kappa shape index (κ2) is 8.34. The molecule has 5 heteroatoms. The number of ether oxygens (including phenoxy) is 2. The lowest BCUT2D eigenvalue weighted by molar-refractivity contribution is 0.0720. The molecule has 0 amide bonds. The minimum Gasteiger partial charge on any atom is -0.490 e. The summed E-state index contributed by atoms with van der Waals surface area (Å²) in [6.07, 6.45) is 3.69. The molecule has 0 radical (unpaired) electrons. The topological polar surface area (TPSA) is 52.6 Å². The van der Waals surface area contributed by atoms with Gasteiger partial charge in [-0.2, -0.15) is 0 Å². The van der Waals surface area contributed by atoms with Crippen LogP contribution in [0, 0.1) is 5.41 Å². The number of hydrogen-bond donors (Lipinski definition) is 0. The minimum atomic E-state index is -3.04. The maximum absolute atomic E-state index is 12.1. The van der Waals surface area contributed by atoms with Crippen LogP contribution in [-0.4, -0.2) is 39.2 Å². The van der Waals surface area contributed by atoms with Crippen LogP contribution < -0.4 is 4.74 Å². The van der Waals surface area contributed by atoms with E-state index in [1.54, 1.807) is 0 Å². The number of sulfone groups is 1. The summed E-state index contributed by atoms with van der Waals surface area (Å²) in [5.74, 6) is 1.22. The van der Waals surface area contributed by atoms with Gasteiger partial charge in [-0.15, -0.1) is 0 Å². The molecule has 1 aromatic carbocycles. The fourth-order valence-electron chi connectivity index (χ4n) is 2.29. The second-order valence-electron chi connectivity index (χ2n) is 7.83. The molecule has 24 heavy (non-hydrogen) atoms. The van der Waals surface area contributed by atoms with Crippen molar-refractivity contribution in [3.05, 3.63) is 29.8 Å². The first-order chi connectivity index (χ1) is 11.2. The van der Waals surface area contributed by atoms with Gasteiger partial charge in [0.05, 0.1) is 24.2 Å². The third-order valence-electron chi connectivity index (χ3n) is 3.71. The Morgan fingerprint density at radius 2 is 1.92 bits per heavy atom. The summed E-state index contributed by atoms with van der Waals surface area (Å²) in [4.78, 5) is 0. The molecule has 1 fully saturated rings. The van der Waals surface area contributed by atoms with E-state index in [-0.39, 0.29) is 16.9 Å². The molecule has 136 valence electrons. The van der Waals surface area contributed by atoms with E-state index in [1.165, 1.54) is 0 Å². The lowest BCUT2D eigenvalue weighted by Crippen LogP contribution is -2.18. The van der Waals surface area contributed by atoms with Gasteiger partial charge in [-0.25, -0.2) is 8.42 Å². The standard InChI is InChI=1S/C19H30O4S/c1-19(2,3)15-22-11-5-12-24(20,21)13-10-16-6-4-7-18(14-16)23-17-8-9-17/h4,6-7,14,17H,5,8-13,15H2,1-3H3. The number of rotatable bonds is 10. The Hall–Kier alpha value is -1.07. The quantitative estimate of drug-likeness (QED) is 0.602. The van der Waals surface area contributed by atoms with E-state index in [1.807, 2.05) is 24.3 Å². The molecule has 0 heterocycles. The third-order valence-corrected chi connectivity index (χ3v) is 5.44. The van der Waals surface area contributed by atoms with Crippen LogP contribution in [0.25, 0.3) is 0 Å². The largest absolute Gasteiger partial charge is 0.490 e. The Balaban J connectivity index is 1.69. The van der Waals surface area contributed by atoms with E-state index < -0.39 is 9.84 Å². The minimum absolute atomic E-state index is 0.117. The summed E-state index contributed by atoms with van der Waals surface area (Å²) in [5, 5.41) is 0. The monoisotopic (exact) mass is 354 g/mol. The summed E-state index contributed by atoms with van der Waals surface area (Å²) in [6.45, 7) is 7.46. The summed E-state index contributed by atoms with van der Waals surface area (Å²) in [6, 6.07) is 7.78. The van der Waals surface area contributed by atoms with Crippen molar-refractivity contribution in [2.24, 2.45) is 5.41 Å². The Morgan fingerprint density at radius 3 is 2.58 bits per heavy atom. The zero-order valence-corrected chi connectivity index (χ0v) is 15.9. The van der Waals surface area contributed by atoms with Gasteiger partial charge in [-0.3, -0.25) is 0 Å². The van der Waals surface area contributed by atoms with Gasteiger partial charge in [0.2, 0.25) is 0 Å². The fourth-order valence-corrected chi connectivity index (χ4v) is 3.60. The zero-order valence-electron chi connectivity index (χ0n) is 15.1. The lowest BCUT2D eigenvalue weighted by atomic mass is 9.99. The van der Waals surface area contributed by atoms with Crippen molar-refractivity contribution in [2.45, 2.75) is 52.6 Å². The van der Waals surface area contributed by atoms with Crippen molar-refractivity contribution in [1.82, 2.24) is 0 Å². The predicted octanol–water partition coefficient (Wildman–Crippen LogP) is 3.64. The number of benzene rings is 1. The number of aryl methyl sites for hydroxylation is 1. The van der Waals surface area contributed by atoms with Crippen molar-refractivity contribution < 1.29 is 17.9 Å². The van der Waals surface area contributed by atoms with Crippen LogP contribution in [0.15, 0.2) is 24.3 Å². The van der Waals surface area contributed by atoms with Gasteiger partial charge in [0.15, 0.2) is 9.84 Å². The Morgan fingerprint density at radius 1 is 1.17 bits per heavy atom. The maximum Gasteiger partial charge on any atom is 0.150 e. The van der Waals surface area contributed by atoms with Crippen LogP contribution in [0.5, 0.6) is 5.75 Å². The molecule has 0 saturated heterocycles. The van der Waals surface area contributed by atoms with E-state index >= 15 is 0 Å². The van der Waals surface area contributed by atoms with Crippen LogP contribution >= 0.6 is 0 Å². The van der Waals surface area contributed by atoms with Crippen LogP contribution in [0.2, 0.25) is 0 Å². The van der Waals surface area contributed by atoms with Gasteiger partial charge in [-0.05, 0) is 48.8 Å². The molecular weight excluding hydrogens is 324 g/mol. The lowest BCUT2D eigenvalue weighted by Gasteiger charge is -2.17. The summed E-state index contributed by atoms with van der Waals surface area (Å²) < 4.78 is 35.6. The third kappa shape index (κ3) is 8.15. The highest BCUT2D eigenvalue weighted by atomic mass is 32.2. The van der Waals surface area contributed by atoms with E-state index in [9.17, 15) is 8.42 Å². The highest BCUT2D eigenvalue weighted by molar-refractivity contribution is 7.91. The van der Waals surface area contributed by atoms with Crippen molar-refractivity contribution in [3.8, 4) is 5.75 Å². The number of hydrogen-bond acceptors (Lipinski definition) is 4. The molecule has 0 unspecified atom stereocenters. The van der Waals surface area contributed by atoms with Crippen LogP contribution in [0.1, 0.15) is 45.6 Å². The maximum atomic E-state index is 12.1. The molecular formula is C19H30O4S. The molecule has 0 aromatic heterocycles. The fraction of sp³-hybridized carbons (Fsp3) is 0.684. The molecule has 4 nitrogen and oxygen atoms in total. The van der Waals surface area contributed by atoms with Gasteiger partial charge in [0, 0.05) is 6.61 Å². The van der Waals surface area contributed by atoms with E-state index in [0.717, 1.165) is 24.2 Å². The molecule has 1 aromatic rings. The van der Waals surface area contributed by atoms with Crippen LogP contribution in [0.4, 0.5) is 0 Å². The first-order valence-corrected chi connectivity index (χ1v) is 10.6. The zero-order chi connectivity index (χ0) is 17.6. The molecule has 1 saturated carbocycles. The normalized spacial score (nSPS) is 15.5. The first kappa shape index (κ1) is 19.3. The molecule has 0 bridgehead atoms. The van der Waals surface area contributed by atoms with E-state index in [4.69, 9.17) is 9.47 Å². The smallest absolute Gasteiger partial charge is 0.150 e. The van der Waals surface area contributed by atoms with Gasteiger partial charge in [0.1, 0.15) is 5.75 Å². The van der Waals surface area contributed by atoms with Gasteiger partial charge in [-0.1, -0.05) is 32.9 Å². The first-order valence-electron chi connectivity index (χ1n) is 8.77. The molecule has 1 aliphatic carbocycles. The molecule has 0 spiro atoms. The average Bonchev–Trinajstić information content (AvgIpc) is 3.28. The summed E-state index contributed by atoms with van der Waals surface area (Å²) >= 11 is 0. The molecule has 1 aliphatic rings. The second-order valence-corrected chi connectivity index (χ2v) is 10.1. The van der Waals surface area contributed by atoms with E-state index in [2.05, 4.69) is 20.8 Å². The molecule has 0 aliphatic heterocycles. The Bertz CT molecular complexity index is 612. The van der Waals surface area contributed by atoms with Crippen molar-refractivity contribution >= 4 is 9.84 Å². The van der Waals surface area contributed by atoms with Crippen molar-refractivity contribution in [2.75, 3.05) is 24.7 Å². The molecule has 0 N–H and O–H groups in total.